The van der Waals surface area contributed by atoms with E-state index in [0.29, 0.717) is 6.42 Å². The molecule has 0 fully saturated rings. The molecular formula is C12H16N2O. The molecule has 0 unspecified atom stereocenters. The SMILES string of the molecule is CCC(=O)Nc1cccc2c1CNCC2. The lowest BCUT2D eigenvalue weighted by Gasteiger charge is -2.20. The lowest BCUT2D eigenvalue weighted by atomic mass is 9.99. The summed E-state index contributed by atoms with van der Waals surface area (Å²) in [6.45, 7) is 3.75. The second kappa shape index (κ2) is 4.45. The van der Waals surface area contributed by atoms with Crippen molar-refractivity contribution in [3.63, 3.8) is 0 Å². The van der Waals surface area contributed by atoms with E-state index in [1.54, 1.807) is 0 Å². The van der Waals surface area contributed by atoms with Gasteiger partial charge in [0.05, 0.1) is 0 Å². The van der Waals surface area contributed by atoms with Gasteiger partial charge in [0.1, 0.15) is 0 Å². The highest BCUT2D eigenvalue weighted by atomic mass is 16.1. The summed E-state index contributed by atoms with van der Waals surface area (Å²) >= 11 is 0. The van der Waals surface area contributed by atoms with E-state index in [9.17, 15) is 4.79 Å². The third-order valence-corrected chi connectivity index (χ3v) is 2.74. The van der Waals surface area contributed by atoms with E-state index in [-0.39, 0.29) is 5.91 Å². The quantitative estimate of drug-likeness (QED) is 0.769. The van der Waals surface area contributed by atoms with Crippen LogP contribution in [0.5, 0.6) is 0 Å². The van der Waals surface area contributed by atoms with Crippen LogP contribution in [0, 0.1) is 0 Å². The van der Waals surface area contributed by atoms with Gasteiger partial charge in [-0.3, -0.25) is 4.79 Å². The monoisotopic (exact) mass is 204 g/mol. The topological polar surface area (TPSA) is 41.1 Å². The highest BCUT2D eigenvalue weighted by molar-refractivity contribution is 5.91. The molecule has 0 aromatic heterocycles. The van der Waals surface area contributed by atoms with Crippen LogP contribution in [0.4, 0.5) is 5.69 Å². The summed E-state index contributed by atoms with van der Waals surface area (Å²) in [6, 6.07) is 6.12. The van der Waals surface area contributed by atoms with Crippen LogP contribution < -0.4 is 10.6 Å². The maximum absolute atomic E-state index is 11.3. The van der Waals surface area contributed by atoms with Crippen molar-refractivity contribution >= 4 is 11.6 Å². The van der Waals surface area contributed by atoms with E-state index in [1.165, 1.54) is 11.1 Å². The van der Waals surface area contributed by atoms with Crippen LogP contribution in [0.15, 0.2) is 18.2 Å². The fourth-order valence-electron chi connectivity index (χ4n) is 1.87. The van der Waals surface area contributed by atoms with E-state index in [4.69, 9.17) is 0 Å². The fraction of sp³-hybridized carbons (Fsp3) is 0.417. The summed E-state index contributed by atoms with van der Waals surface area (Å²) in [6.07, 6.45) is 1.57. The van der Waals surface area contributed by atoms with Gasteiger partial charge in [0, 0.05) is 18.7 Å². The molecule has 0 aliphatic carbocycles. The van der Waals surface area contributed by atoms with Gasteiger partial charge in [-0.1, -0.05) is 19.1 Å². The molecule has 1 aromatic carbocycles. The summed E-state index contributed by atoms with van der Waals surface area (Å²) < 4.78 is 0. The molecule has 0 radical (unpaired) electrons. The number of amides is 1. The molecule has 15 heavy (non-hydrogen) atoms. The average Bonchev–Trinajstić information content (AvgIpc) is 2.29. The van der Waals surface area contributed by atoms with Crippen LogP contribution in [0.25, 0.3) is 0 Å². The zero-order chi connectivity index (χ0) is 10.7. The first-order chi connectivity index (χ1) is 7.31. The number of carbonyl (C=O) groups is 1. The largest absolute Gasteiger partial charge is 0.326 e. The van der Waals surface area contributed by atoms with E-state index in [1.807, 2.05) is 19.1 Å². The summed E-state index contributed by atoms with van der Waals surface area (Å²) in [5.41, 5.74) is 3.56. The minimum Gasteiger partial charge on any atom is -0.326 e. The van der Waals surface area contributed by atoms with Crippen molar-refractivity contribution in [3.8, 4) is 0 Å². The Labute approximate surface area is 89.9 Å². The fourth-order valence-corrected chi connectivity index (χ4v) is 1.87. The number of benzene rings is 1. The van der Waals surface area contributed by atoms with Crippen LogP contribution in [-0.2, 0) is 17.8 Å². The van der Waals surface area contributed by atoms with E-state index < -0.39 is 0 Å². The Balaban J connectivity index is 2.27. The second-order valence-corrected chi connectivity index (χ2v) is 3.77. The van der Waals surface area contributed by atoms with Crippen molar-refractivity contribution in [1.29, 1.82) is 0 Å². The summed E-state index contributed by atoms with van der Waals surface area (Å²) in [5.74, 6) is 0.0778. The van der Waals surface area contributed by atoms with Gasteiger partial charge in [-0.15, -0.1) is 0 Å². The molecule has 2 N–H and O–H groups in total. The standard InChI is InChI=1S/C12H16N2O/c1-2-12(15)14-11-5-3-4-9-6-7-13-8-10(9)11/h3-5,13H,2,6-8H2,1H3,(H,14,15). The number of rotatable bonds is 2. The molecule has 0 bridgehead atoms. The third-order valence-electron chi connectivity index (χ3n) is 2.74. The van der Waals surface area contributed by atoms with Gasteiger partial charge in [-0.25, -0.2) is 0 Å². The van der Waals surface area contributed by atoms with Crippen molar-refractivity contribution in [1.82, 2.24) is 5.32 Å². The van der Waals surface area contributed by atoms with Gasteiger partial charge in [0.15, 0.2) is 0 Å². The Morgan fingerprint density at radius 2 is 2.40 bits per heavy atom. The summed E-state index contributed by atoms with van der Waals surface area (Å²) in [7, 11) is 0. The molecule has 3 nitrogen and oxygen atoms in total. The lowest BCUT2D eigenvalue weighted by Crippen LogP contribution is -2.25. The highest BCUT2D eigenvalue weighted by Gasteiger charge is 2.12. The predicted molar refractivity (Wildman–Crippen MR) is 60.8 cm³/mol. The smallest absolute Gasteiger partial charge is 0.224 e. The van der Waals surface area contributed by atoms with Gasteiger partial charge in [-0.05, 0) is 30.2 Å². The number of hydrogen-bond donors (Lipinski definition) is 2. The first kappa shape index (κ1) is 10.2. The maximum Gasteiger partial charge on any atom is 0.224 e. The third kappa shape index (κ3) is 2.18. The highest BCUT2D eigenvalue weighted by Crippen LogP contribution is 2.22. The maximum atomic E-state index is 11.3. The van der Waals surface area contributed by atoms with Gasteiger partial charge in [0.2, 0.25) is 5.91 Å². The molecule has 1 amide bonds. The predicted octanol–water partition coefficient (Wildman–Crippen LogP) is 1.68. The molecule has 1 heterocycles. The Morgan fingerprint density at radius 3 is 3.20 bits per heavy atom. The molecule has 1 aliphatic rings. The molecule has 0 saturated carbocycles. The second-order valence-electron chi connectivity index (χ2n) is 3.77. The van der Waals surface area contributed by atoms with Gasteiger partial charge < -0.3 is 10.6 Å². The zero-order valence-electron chi connectivity index (χ0n) is 8.97. The van der Waals surface area contributed by atoms with E-state index in [0.717, 1.165) is 25.2 Å². The van der Waals surface area contributed by atoms with Crippen LogP contribution in [0.2, 0.25) is 0 Å². The minimum absolute atomic E-state index is 0.0778. The lowest BCUT2D eigenvalue weighted by molar-refractivity contribution is -0.115. The van der Waals surface area contributed by atoms with Crippen molar-refractivity contribution < 1.29 is 4.79 Å². The van der Waals surface area contributed by atoms with Gasteiger partial charge >= 0.3 is 0 Å². The Hall–Kier alpha value is -1.35. The molecule has 0 atom stereocenters. The van der Waals surface area contributed by atoms with Crippen LogP contribution in [-0.4, -0.2) is 12.5 Å². The van der Waals surface area contributed by atoms with Gasteiger partial charge in [0.25, 0.3) is 0 Å². The first-order valence-electron chi connectivity index (χ1n) is 5.42. The molecule has 1 aromatic rings. The van der Waals surface area contributed by atoms with Crippen LogP contribution >= 0.6 is 0 Å². The summed E-state index contributed by atoms with van der Waals surface area (Å²) in [4.78, 5) is 11.3. The Bertz CT molecular complexity index is 374. The minimum atomic E-state index is 0.0778. The molecule has 2 rings (SSSR count). The van der Waals surface area contributed by atoms with Crippen molar-refractivity contribution in [2.45, 2.75) is 26.3 Å². The number of hydrogen-bond acceptors (Lipinski definition) is 2. The molecule has 1 aliphatic heterocycles. The molecule has 0 saturated heterocycles. The number of carbonyl (C=O) groups excluding carboxylic acids is 1. The van der Waals surface area contributed by atoms with E-state index in [2.05, 4.69) is 16.7 Å². The van der Waals surface area contributed by atoms with Crippen molar-refractivity contribution in [2.75, 3.05) is 11.9 Å². The van der Waals surface area contributed by atoms with E-state index >= 15 is 0 Å². The Morgan fingerprint density at radius 1 is 1.53 bits per heavy atom. The average molecular weight is 204 g/mol. The molecule has 0 spiro atoms. The van der Waals surface area contributed by atoms with Crippen LogP contribution in [0.1, 0.15) is 24.5 Å². The van der Waals surface area contributed by atoms with Gasteiger partial charge in [-0.2, -0.15) is 0 Å². The van der Waals surface area contributed by atoms with Crippen molar-refractivity contribution in [2.24, 2.45) is 0 Å². The summed E-state index contributed by atoms with van der Waals surface area (Å²) in [5, 5.41) is 6.26. The molecule has 3 heteroatoms. The normalized spacial score (nSPS) is 14.5. The number of anilines is 1. The van der Waals surface area contributed by atoms with Crippen molar-refractivity contribution in [3.05, 3.63) is 29.3 Å². The van der Waals surface area contributed by atoms with Crippen LogP contribution in [0.3, 0.4) is 0 Å². The molecular weight excluding hydrogens is 188 g/mol. The number of fused-ring (bicyclic) bond motifs is 1. The Kier molecular flexibility index (Phi) is 3.02. The zero-order valence-corrected chi connectivity index (χ0v) is 8.97. The molecule has 80 valence electrons. The number of nitrogens with one attached hydrogen (secondary N) is 2. The first-order valence-corrected chi connectivity index (χ1v) is 5.42.